The minimum atomic E-state index is -0.176. The Morgan fingerprint density at radius 2 is 1.80 bits per heavy atom. The zero-order chi connectivity index (χ0) is 21.1. The molecule has 4 nitrogen and oxygen atoms in total. The molecule has 1 aromatic heterocycles. The monoisotopic (exact) mass is 407 g/mol. The van der Waals surface area contributed by atoms with Crippen LogP contribution < -0.4 is 0 Å². The van der Waals surface area contributed by atoms with Crippen LogP contribution in [-0.2, 0) is 6.42 Å². The standard InChI is InChI=1S/C25H30FN3O/c1-17-5-4-6-21(15-17)25-27-23(30-28-25)16-18-7-9-19(10-8-18)24(29(2)3)20-11-13-22(26)14-12-20/h4-6,11-15,18-19,24H,7-10,16H2,1-3H3. The zero-order valence-corrected chi connectivity index (χ0v) is 18.0. The summed E-state index contributed by atoms with van der Waals surface area (Å²) in [4.78, 5) is 6.90. The number of benzene rings is 2. The first-order valence-electron chi connectivity index (χ1n) is 10.8. The summed E-state index contributed by atoms with van der Waals surface area (Å²) in [7, 11) is 4.23. The van der Waals surface area contributed by atoms with Crippen LogP contribution in [0.2, 0.25) is 0 Å². The molecule has 1 aliphatic rings. The van der Waals surface area contributed by atoms with Crippen molar-refractivity contribution in [3.8, 4) is 11.4 Å². The van der Waals surface area contributed by atoms with E-state index in [-0.39, 0.29) is 5.82 Å². The summed E-state index contributed by atoms with van der Waals surface area (Å²) >= 11 is 0. The van der Waals surface area contributed by atoms with Crippen LogP contribution >= 0.6 is 0 Å². The van der Waals surface area contributed by atoms with Crippen molar-refractivity contribution in [3.63, 3.8) is 0 Å². The molecule has 0 amide bonds. The lowest BCUT2D eigenvalue weighted by Crippen LogP contribution is -2.30. The Morgan fingerprint density at radius 3 is 2.47 bits per heavy atom. The van der Waals surface area contributed by atoms with E-state index < -0.39 is 0 Å². The highest BCUT2D eigenvalue weighted by molar-refractivity contribution is 5.55. The minimum absolute atomic E-state index is 0.176. The third-order valence-corrected chi connectivity index (χ3v) is 6.31. The highest BCUT2D eigenvalue weighted by Gasteiger charge is 2.30. The second-order valence-corrected chi connectivity index (χ2v) is 8.83. The highest BCUT2D eigenvalue weighted by atomic mass is 19.1. The van der Waals surface area contributed by atoms with E-state index in [1.54, 1.807) is 12.1 Å². The number of nitrogens with zero attached hydrogens (tertiary/aromatic N) is 3. The van der Waals surface area contributed by atoms with Crippen LogP contribution in [0.25, 0.3) is 11.4 Å². The van der Waals surface area contributed by atoms with Gasteiger partial charge in [-0.2, -0.15) is 4.98 Å². The molecule has 1 atom stereocenters. The topological polar surface area (TPSA) is 42.2 Å². The average molecular weight is 408 g/mol. The first-order valence-corrected chi connectivity index (χ1v) is 10.8. The normalized spacial score (nSPS) is 20.4. The maximum absolute atomic E-state index is 13.3. The van der Waals surface area contributed by atoms with Crippen molar-refractivity contribution in [2.45, 2.75) is 45.1 Å². The highest BCUT2D eigenvalue weighted by Crippen LogP contribution is 2.40. The summed E-state index contributed by atoms with van der Waals surface area (Å²) in [6.07, 6.45) is 5.46. The molecule has 158 valence electrons. The van der Waals surface area contributed by atoms with Gasteiger partial charge in [0, 0.05) is 18.0 Å². The smallest absolute Gasteiger partial charge is 0.227 e. The van der Waals surface area contributed by atoms with Gasteiger partial charge in [0.1, 0.15) is 5.82 Å². The van der Waals surface area contributed by atoms with Crippen LogP contribution in [0.1, 0.15) is 48.7 Å². The van der Waals surface area contributed by atoms with Gasteiger partial charge < -0.3 is 9.42 Å². The second-order valence-electron chi connectivity index (χ2n) is 8.83. The molecule has 0 spiro atoms. The molecule has 0 radical (unpaired) electrons. The molecule has 1 aliphatic carbocycles. The number of rotatable bonds is 6. The second kappa shape index (κ2) is 9.09. The number of aryl methyl sites for hydroxylation is 1. The molecule has 1 heterocycles. The van der Waals surface area contributed by atoms with Gasteiger partial charge in [-0.05, 0) is 82.3 Å². The summed E-state index contributed by atoms with van der Waals surface area (Å²) in [5, 5.41) is 4.18. The first kappa shape index (κ1) is 20.7. The molecule has 4 rings (SSSR count). The fraction of sp³-hybridized carbons (Fsp3) is 0.440. The molecule has 0 bridgehead atoms. The Hall–Kier alpha value is -2.53. The molecule has 5 heteroatoms. The molecule has 1 unspecified atom stereocenters. The van der Waals surface area contributed by atoms with Crippen LogP contribution in [0.15, 0.2) is 53.1 Å². The molecule has 0 aliphatic heterocycles. The van der Waals surface area contributed by atoms with Crippen molar-refractivity contribution in [3.05, 3.63) is 71.4 Å². The van der Waals surface area contributed by atoms with Crippen molar-refractivity contribution in [1.82, 2.24) is 15.0 Å². The van der Waals surface area contributed by atoms with Crippen molar-refractivity contribution < 1.29 is 8.91 Å². The van der Waals surface area contributed by atoms with E-state index in [1.165, 1.54) is 11.1 Å². The Labute approximate surface area is 178 Å². The summed E-state index contributed by atoms with van der Waals surface area (Å²) < 4.78 is 18.9. The average Bonchev–Trinajstić information content (AvgIpc) is 3.19. The fourth-order valence-electron chi connectivity index (χ4n) is 4.85. The van der Waals surface area contributed by atoms with Gasteiger partial charge in [0.05, 0.1) is 0 Å². The molecule has 1 fully saturated rings. The predicted octanol–water partition coefficient (Wildman–Crippen LogP) is 5.84. The minimum Gasteiger partial charge on any atom is -0.339 e. The lowest BCUT2D eigenvalue weighted by atomic mass is 9.75. The summed E-state index contributed by atoms with van der Waals surface area (Å²) in [6.45, 7) is 2.07. The molecule has 0 N–H and O–H groups in total. The van der Waals surface area contributed by atoms with E-state index in [0.717, 1.165) is 43.6 Å². The van der Waals surface area contributed by atoms with E-state index in [2.05, 4.69) is 48.2 Å². The largest absolute Gasteiger partial charge is 0.339 e. The number of hydrogen-bond donors (Lipinski definition) is 0. The van der Waals surface area contributed by atoms with E-state index >= 15 is 0 Å². The molecular weight excluding hydrogens is 377 g/mol. The predicted molar refractivity (Wildman–Crippen MR) is 116 cm³/mol. The maximum Gasteiger partial charge on any atom is 0.227 e. The zero-order valence-electron chi connectivity index (χ0n) is 18.0. The van der Waals surface area contributed by atoms with Crippen LogP contribution in [0.4, 0.5) is 4.39 Å². The van der Waals surface area contributed by atoms with E-state index in [0.29, 0.717) is 23.7 Å². The van der Waals surface area contributed by atoms with Gasteiger partial charge in [-0.25, -0.2) is 4.39 Å². The Morgan fingerprint density at radius 1 is 1.07 bits per heavy atom. The quantitative estimate of drug-likeness (QED) is 0.515. The van der Waals surface area contributed by atoms with E-state index in [9.17, 15) is 4.39 Å². The lowest BCUT2D eigenvalue weighted by Gasteiger charge is -2.37. The molecule has 0 saturated heterocycles. The van der Waals surface area contributed by atoms with Gasteiger partial charge in [0.15, 0.2) is 0 Å². The third-order valence-electron chi connectivity index (χ3n) is 6.31. The maximum atomic E-state index is 13.3. The fourth-order valence-corrected chi connectivity index (χ4v) is 4.85. The molecule has 2 aromatic carbocycles. The first-order chi connectivity index (χ1) is 14.5. The van der Waals surface area contributed by atoms with Gasteiger partial charge in [0.2, 0.25) is 11.7 Å². The molecule has 3 aromatic rings. The van der Waals surface area contributed by atoms with Crippen molar-refractivity contribution >= 4 is 0 Å². The van der Waals surface area contributed by atoms with Gasteiger partial charge in [-0.3, -0.25) is 0 Å². The van der Waals surface area contributed by atoms with Crippen LogP contribution in [-0.4, -0.2) is 29.1 Å². The third kappa shape index (κ3) is 4.78. The van der Waals surface area contributed by atoms with Gasteiger partial charge >= 0.3 is 0 Å². The molecule has 1 saturated carbocycles. The molecular formula is C25H30FN3O. The summed E-state index contributed by atoms with van der Waals surface area (Å²) in [5.74, 6) is 2.38. The summed E-state index contributed by atoms with van der Waals surface area (Å²) in [6, 6.07) is 15.5. The Kier molecular flexibility index (Phi) is 6.28. The SMILES string of the molecule is Cc1cccc(-c2noc(CC3CCC(C(c4ccc(F)cc4)N(C)C)CC3)n2)c1. The summed E-state index contributed by atoms with van der Waals surface area (Å²) in [5.41, 5.74) is 3.39. The Balaban J connectivity index is 1.37. The van der Waals surface area contributed by atoms with Crippen LogP contribution in [0.3, 0.4) is 0 Å². The van der Waals surface area contributed by atoms with Gasteiger partial charge in [0.25, 0.3) is 0 Å². The number of hydrogen-bond acceptors (Lipinski definition) is 4. The van der Waals surface area contributed by atoms with Gasteiger partial charge in [-0.15, -0.1) is 0 Å². The Bertz CT molecular complexity index is 959. The van der Waals surface area contributed by atoms with E-state index in [1.807, 2.05) is 24.3 Å². The van der Waals surface area contributed by atoms with E-state index in [4.69, 9.17) is 4.52 Å². The lowest BCUT2D eigenvalue weighted by molar-refractivity contribution is 0.146. The van der Waals surface area contributed by atoms with Crippen LogP contribution in [0.5, 0.6) is 0 Å². The number of halogens is 1. The van der Waals surface area contributed by atoms with Crippen molar-refractivity contribution in [2.24, 2.45) is 11.8 Å². The number of aromatic nitrogens is 2. The van der Waals surface area contributed by atoms with Crippen LogP contribution in [0, 0.1) is 24.6 Å². The molecule has 30 heavy (non-hydrogen) atoms. The van der Waals surface area contributed by atoms with Crippen molar-refractivity contribution in [2.75, 3.05) is 14.1 Å². The van der Waals surface area contributed by atoms with Crippen molar-refractivity contribution in [1.29, 1.82) is 0 Å². The van der Waals surface area contributed by atoms with Gasteiger partial charge in [-0.1, -0.05) is 41.1 Å².